The second-order valence-corrected chi connectivity index (χ2v) is 10.7. The Bertz CT molecular complexity index is 1060. The minimum atomic E-state index is -3.76. The highest BCUT2D eigenvalue weighted by Crippen LogP contribution is 2.23. The van der Waals surface area contributed by atoms with Crippen molar-refractivity contribution in [3.63, 3.8) is 0 Å². The van der Waals surface area contributed by atoms with Gasteiger partial charge in [-0.25, -0.2) is 22.4 Å². The summed E-state index contributed by atoms with van der Waals surface area (Å²) >= 11 is 0. The lowest BCUT2D eigenvalue weighted by molar-refractivity contribution is 0.588. The minimum Gasteiger partial charge on any atom is -0.252 e. The molecule has 0 bridgehead atoms. The van der Waals surface area contributed by atoms with Gasteiger partial charge in [0.2, 0.25) is 0 Å². The smallest absolute Gasteiger partial charge is 0.252 e. The third-order valence-electron chi connectivity index (χ3n) is 3.66. The minimum absolute atomic E-state index is 0.180. The molecule has 0 fully saturated rings. The van der Waals surface area contributed by atoms with Crippen LogP contribution < -0.4 is 0 Å². The zero-order chi connectivity index (χ0) is 18.4. The topological polar surface area (TPSA) is 81.9 Å². The van der Waals surface area contributed by atoms with Crippen molar-refractivity contribution >= 4 is 32.0 Å². The molecule has 0 aliphatic carbocycles. The van der Waals surface area contributed by atoms with Gasteiger partial charge in [0.05, 0.1) is 21.9 Å². The molecule has 25 heavy (non-hydrogen) atoms. The quantitative estimate of drug-likeness (QED) is 0.701. The Morgan fingerprint density at radius 3 is 2.32 bits per heavy atom. The van der Waals surface area contributed by atoms with Crippen molar-refractivity contribution in [3.8, 4) is 0 Å². The summed E-state index contributed by atoms with van der Waals surface area (Å²) in [6.07, 6.45) is 2.80. The summed E-state index contributed by atoms with van der Waals surface area (Å²) in [7, 11) is -5.10. The van der Waals surface area contributed by atoms with Gasteiger partial charge in [0.25, 0.3) is 10.0 Å². The molecule has 0 aliphatic rings. The van der Waals surface area contributed by atoms with Crippen LogP contribution in [0, 0.1) is 6.92 Å². The molecule has 0 spiro atoms. The van der Waals surface area contributed by atoms with E-state index in [4.69, 9.17) is 0 Å². The molecule has 0 saturated carbocycles. The normalized spacial score (nSPS) is 13.9. The van der Waals surface area contributed by atoms with Crippen LogP contribution in [-0.2, 0) is 20.8 Å². The van der Waals surface area contributed by atoms with E-state index in [1.165, 1.54) is 12.4 Å². The molecule has 3 rings (SSSR count). The first-order valence-corrected chi connectivity index (χ1v) is 10.3. The Kier molecular flexibility index (Phi) is 4.28. The van der Waals surface area contributed by atoms with Gasteiger partial charge in [-0.2, -0.15) is 0 Å². The molecule has 132 valence electrons. The maximum Gasteiger partial charge on any atom is 0.269 e. The average Bonchev–Trinajstić information content (AvgIpc) is 2.97. The van der Waals surface area contributed by atoms with Gasteiger partial charge in [0, 0.05) is 10.9 Å². The number of rotatable bonds is 3. The summed E-state index contributed by atoms with van der Waals surface area (Å²) in [5.74, 6) is 0. The number of fused-ring (bicyclic) bond motifs is 1. The molecule has 3 aromatic rings. The first-order valence-electron chi connectivity index (χ1n) is 7.69. The second-order valence-electron chi connectivity index (χ2n) is 6.73. The van der Waals surface area contributed by atoms with E-state index in [-0.39, 0.29) is 10.5 Å². The fourth-order valence-corrected chi connectivity index (χ4v) is 4.55. The number of aryl methyl sites for hydroxylation is 1. The van der Waals surface area contributed by atoms with Crippen LogP contribution >= 0.6 is 0 Å². The zero-order valence-electron chi connectivity index (χ0n) is 14.4. The highest BCUT2D eigenvalue weighted by Gasteiger charge is 2.25. The summed E-state index contributed by atoms with van der Waals surface area (Å²) in [5, 5.41) is 0.338. The number of hydrogen-bond acceptors (Lipinski definition) is 5. The van der Waals surface area contributed by atoms with Gasteiger partial charge in [0.15, 0.2) is 5.65 Å². The maximum atomic E-state index is 12.8. The van der Waals surface area contributed by atoms with Crippen molar-refractivity contribution in [2.45, 2.75) is 42.4 Å². The number of benzene rings is 1. The molecule has 1 atom stereocenters. The van der Waals surface area contributed by atoms with E-state index < -0.39 is 25.6 Å². The van der Waals surface area contributed by atoms with E-state index >= 15 is 0 Å². The van der Waals surface area contributed by atoms with Crippen LogP contribution in [0.15, 0.2) is 52.6 Å². The molecule has 0 amide bonds. The zero-order valence-corrected chi connectivity index (χ0v) is 16.1. The fraction of sp³-hybridized carbons (Fsp3) is 0.294. The molecule has 8 heteroatoms. The molecule has 2 aromatic heterocycles. The molecule has 0 unspecified atom stereocenters. The summed E-state index contributed by atoms with van der Waals surface area (Å²) in [6, 6.07) is 8.18. The Morgan fingerprint density at radius 1 is 1.08 bits per heavy atom. The Hall–Kier alpha value is -2.06. The van der Waals surface area contributed by atoms with Gasteiger partial charge in [0.1, 0.15) is 10.5 Å². The van der Waals surface area contributed by atoms with Crippen molar-refractivity contribution < 1.29 is 12.6 Å². The van der Waals surface area contributed by atoms with Crippen molar-refractivity contribution in [2.24, 2.45) is 0 Å². The van der Waals surface area contributed by atoms with Gasteiger partial charge < -0.3 is 0 Å². The monoisotopic (exact) mass is 377 g/mol. The van der Waals surface area contributed by atoms with E-state index in [0.717, 1.165) is 9.54 Å². The summed E-state index contributed by atoms with van der Waals surface area (Å²) in [4.78, 5) is 8.73. The van der Waals surface area contributed by atoms with Gasteiger partial charge in [-0.3, -0.25) is 4.21 Å². The molecule has 1 aromatic carbocycles. The third kappa shape index (κ3) is 3.23. The SMILES string of the molecule is Cc1ccc(S(=O)(=O)n2ccc3nc([S@@](=O)C(C)(C)C)cnc32)cc1. The highest BCUT2D eigenvalue weighted by atomic mass is 32.2. The maximum absolute atomic E-state index is 12.8. The van der Waals surface area contributed by atoms with Crippen molar-refractivity contribution in [3.05, 3.63) is 48.3 Å². The lowest BCUT2D eigenvalue weighted by Crippen LogP contribution is -2.22. The molecular weight excluding hydrogens is 358 g/mol. The van der Waals surface area contributed by atoms with Gasteiger partial charge in [-0.05, 0) is 45.9 Å². The predicted octanol–water partition coefficient (Wildman–Crippen LogP) is 2.88. The van der Waals surface area contributed by atoms with Crippen LogP contribution in [0.2, 0.25) is 0 Å². The van der Waals surface area contributed by atoms with Crippen LogP contribution in [-0.4, -0.2) is 31.3 Å². The van der Waals surface area contributed by atoms with E-state index in [1.54, 1.807) is 30.3 Å². The number of hydrogen-bond donors (Lipinski definition) is 0. The van der Waals surface area contributed by atoms with Crippen LogP contribution in [0.4, 0.5) is 0 Å². The average molecular weight is 377 g/mol. The summed E-state index contributed by atoms with van der Waals surface area (Å²) in [6.45, 7) is 7.44. The van der Waals surface area contributed by atoms with Crippen LogP contribution in [0.1, 0.15) is 26.3 Å². The molecule has 2 heterocycles. The summed E-state index contributed by atoms with van der Waals surface area (Å²) in [5.41, 5.74) is 1.59. The lowest BCUT2D eigenvalue weighted by atomic mass is 10.2. The van der Waals surface area contributed by atoms with Gasteiger partial charge >= 0.3 is 0 Å². The highest BCUT2D eigenvalue weighted by molar-refractivity contribution is 7.90. The molecular formula is C17H19N3O3S2. The second kappa shape index (κ2) is 6.03. The van der Waals surface area contributed by atoms with E-state index in [0.29, 0.717) is 10.5 Å². The fourth-order valence-electron chi connectivity index (χ4n) is 2.29. The molecule has 0 radical (unpaired) electrons. The lowest BCUT2D eigenvalue weighted by Gasteiger charge is -2.16. The van der Waals surface area contributed by atoms with Gasteiger partial charge in [-0.15, -0.1) is 0 Å². The first kappa shape index (κ1) is 17.8. The van der Waals surface area contributed by atoms with Crippen molar-refractivity contribution in [1.82, 2.24) is 13.9 Å². The molecule has 6 nitrogen and oxygen atoms in total. The Labute approximate surface area is 149 Å². The molecule has 0 saturated heterocycles. The number of aromatic nitrogens is 3. The largest absolute Gasteiger partial charge is 0.269 e. The van der Waals surface area contributed by atoms with Crippen molar-refractivity contribution in [2.75, 3.05) is 0 Å². The number of nitrogens with zero attached hydrogens (tertiary/aromatic N) is 3. The Morgan fingerprint density at radius 2 is 1.72 bits per heavy atom. The first-order chi connectivity index (χ1) is 11.6. The van der Waals surface area contributed by atoms with E-state index in [1.807, 2.05) is 27.7 Å². The van der Waals surface area contributed by atoms with E-state index in [9.17, 15) is 12.6 Å². The Balaban J connectivity index is 2.10. The van der Waals surface area contributed by atoms with Crippen LogP contribution in [0.5, 0.6) is 0 Å². The van der Waals surface area contributed by atoms with Crippen molar-refractivity contribution in [1.29, 1.82) is 0 Å². The van der Waals surface area contributed by atoms with E-state index in [2.05, 4.69) is 9.97 Å². The standard InChI is InChI=1S/C17H19N3O3S2/c1-12-5-7-13(8-6-12)25(22,23)20-10-9-14-16(20)18-11-15(19-14)24(21)17(2,3)4/h5-11H,1-4H3/t24-/m1/s1. The third-order valence-corrected chi connectivity index (χ3v) is 7.03. The van der Waals surface area contributed by atoms with Crippen LogP contribution in [0.25, 0.3) is 11.2 Å². The summed E-state index contributed by atoms with van der Waals surface area (Å²) < 4.78 is 38.7. The molecule has 0 N–H and O–H groups in total. The molecule has 0 aliphatic heterocycles. The van der Waals surface area contributed by atoms with Crippen LogP contribution in [0.3, 0.4) is 0 Å². The predicted molar refractivity (Wildman–Crippen MR) is 97.5 cm³/mol. The van der Waals surface area contributed by atoms with Gasteiger partial charge in [-0.1, -0.05) is 17.7 Å².